The molecule has 1 amide bonds. The van der Waals surface area contributed by atoms with Gasteiger partial charge < -0.3 is 10.1 Å². The van der Waals surface area contributed by atoms with Gasteiger partial charge in [0.2, 0.25) is 0 Å². The van der Waals surface area contributed by atoms with Gasteiger partial charge >= 0.3 is 0 Å². The van der Waals surface area contributed by atoms with E-state index in [9.17, 15) is 4.79 Å². The summed E-state index contributed by atoms with van der Waals surface area (Å²) < 4.78 is 7.67. The summed E-state index contributed by atoms with van der Waals surface area (Å²) in [4.78, 5) is 12.4. The first-order valence-corrected chi connectivity index (χ1v) is 11.9. The van der Waals surface area contributed by atoms with Crippen molar-refractivity contribution in [1.82, 2.24) is 31.1 Å². The number of aromatic nitrogens is 4. The Morgan fingerprint density at radius 1 is 0.972 bits per heavy atom. The van der Waals surface area contributed by atoms with Crippen LogP contribution in [0.25, 0.3) is 0 Å². The summed E-state index contributed by atoms with van der Waals surface area (Å²) in [5.74, 6) is 0.291. The Hall–Kier alpha value is -3.86. The van der Waals surface area contributed by atoms with Crippen molar-refractivity contribution in [2.45, 2.75) is 19.1 Å². The minimum atomic E-state index is -0.500. The lowest BCUT2D eigenvalue weighted by molar-refractivity contribution is -0.128. The Morgan fingerprint density at radius 2 is 1.67 bits per heavy atom. The van der Waals surface area contributed by atoms with E-state index in [1.165, 1.54) is 0 Å². The minimum absolute atomic E-state index is 0.218. The van der Waals surface area contributed by atoms with Crippen LogP contribution in [-0.2, 0) is 22.5 Å². The third-order valence-corrected chi connectivity index (χ3v) is 5.61. The number of amides is 1. The van der Waals surface area contributed by atoms with Crippen LogP contribution in [0.2, 0.25) is 5.02 Å². The molecule has 3 N–H and O–H groups in total. The summed E-state index contributed by atoms with van der Waals surface area (Å²) in [6.07, 6.45) is 0.0673. The van der Waals surface area contributed by atoms with Gasteiger partial charge in [0.15, 0.2) is 10.9 Å². The molecule has 0 bridgehead atoms. The van der Waals surface area contributed by atoms with Gasteiger partial charge in [0, 0.05) is 17.1 Å². The Labute approximate surface area is 218 Å². The number of hydrazine groups is 1. The van der Waals surface area contributed by atoms with Gasteiger partial charge in [-0.3, -0.25) is 15.6 Å². The topological polar surface area (TPSA) is 106 Å². The zero-order valence-electron chi connectivity index (χ0n) is 19.2. The highest BCUT2D eigenvalue weighted by atomic mass is 35.5. The fourth-order valence-electron chi connectivity index (χ4n) is 3.38. The van der Waals surface area contributed by atoms with E-state index < -0.39 is 12.0 Å². The van der Waals surface area contributed by atoms with Gasteiger partial charge in [-0.15, -0.1) is 5.10 Å². The molecule has 0 saturated heterocycles. The number of hydrogen-bond acceptors (Lipinski definition) is 6. The summed E-state index contributed by atoms with van der Waals surface area (Å²) in [5.41, 5.74) is 7.93. The zero-order chi connectivity index (χ0) is 25.2. The molecule has 36 heavy (non-hydrogen) atoms. The lowest BCUT2D eigenvalue weighted by Crippen LogP contribution is -2.45. The fourth-order valence-corrected chi connectivity index (χ4v) is 3.68. The number of nitrogens with zero attached hydrogens (tertiary/aromatic N) is 4. The van der Waals surface area contributed by atoms with E-state index in [-0.39, 0.29) is 11.7 Å². The number of thiocarbonyl (C=S) groups is 1. The molecule has 3 aromatic carbocycles. The van der Waals surface area contributed by atoms with Crippen LogP contribution < -0.4 is 16.2 Å². The third-order valence-electron chi connectivity index (χ3n) is 5.15. The molecular formula is C25H24ClN7O2S. The number of nitrogens with one attached hydrogen (secondary N) is 3. The molecule has 4 aromatic rings. The molecule has 9 nitrogen and oxygen atoms in total. The largest absolute Gasteiger partial charge is 0.362 e. The standard InChI is InChI=1S/C25H24ClN7O2S/c26-20-13-11-19(12-14-20)22(16-33-23(28-31-32-33)15-18-7-3-1-4-8-18)35-17-24(34)29-30-25(36)27-21-9-5-2-6-10-21/h1-14,22H,15-17H2,(H,29,34)(H2,27,30,36). The van der Waals surface area contributed by atoms with E-state index in [1.54, 1.807) is 16.8 Å². The van der Waals surface area contributed by atoms with Gasteiger partial charge in [0.25, 0.3) is 5.91 Å². The van der Waals surface area contributed by atoms with Crippen LogP contribution in [0.15, 0.2) is 84.9 Å². The third kappa shape index (κ3) is 7.57. The lowest BCUT2D eigenvalue weighted by Gasteiger charge is -2.19. The molecule has 0 fully saturated rings. The van der Waals surface area contributed by atoms with Gasteiger partial charge in [-0.05, 0) is 58.0 Å². The second kappa shape index (κ2) is 12.7. The molecular weight excluding hydrogens is 498 g/mol. The Bertz CT molecular complexity index is 1270. The van der Waals surface area contributed by atoms with Crippen molar-refractivity contribution in [2.24, 2.45) is 0 Å². The van der Waals surface area contributed by atoms with E-state index in [2.05, 4.69) is 31.7 Å². The average molecular weight is 522 g/mol. The van der Waals surface area contributed by atoms with Gasteiger partial charge in [-0.25, -0.2) is 4.68 Å². The van der Waals surface area contributed by atoms with E-state index in [0.717, 1.165) is 16.8 Å². The summed E-state index contributed by atoms with van der Waals surface area (Å²) >= 11 is 11.3. The Balaban J connectivity index is 1.37. The lowest BCUT2D eigenvalue weighted by atomic mass is 10.1. The summed E-state index contributed by atoms with van der Waals surface area (Å²) in [5, 5.41) is 16.0. The second-order valence-corrected chi connectivity index (χ2v) is 8.63. The van der Waals surface area contributed by atoms with E-state index in [4.69, 9.17) is 28.6 Å². The number of hydrogen-bond donors (Lipinski definition) is 3. The summed E-state index contributed by atoms with van der Waals surface area (Å²) in [6.45, 7) is 0.0931. The molecule has 0 aliphatic carbocycles. The molecule has 11 heteroatoms. The van der Waals surface area contributed by atoms with E-state index in [0.29, 0.717) is 23.8 Å². The second-order valence-electron chi connectivity index (χ2n) is 7.78. The van der Waals surface area contributed by atoms with Crippen molar-refractivity contribution < 1.29 is 9.53 Å². The number of carbonyl (C=O) groups is 1. The predicted molar refractivity (Wildman–Crippen MR) is 141 cm³/mol. The first-order chi connectivity index (χ1) is 17.6. The van der Waals surface area contributed by atoms with E-state index in [1.807, 2.05) is 72.8 Å². The summed E-state index contributed by atoms with van der Waals surface area (Å²) in [7, 11) is 0. The van der Waals surface area contributed by atoms with Crippen molar-refractivity contribution in [3.63, 3.8) is 0 Å². The monoisotopic (exact) mass is 521 g/mol. The molecule has 1 unspecified atom stereocenters. The SMILES string of the molecule is O=C(COC(Cn1nnnc1Cc1ccccc1)c1ccc(Cl)cc1)NNC(=S)Nc1ccccc1. The molecule has 0 aliphatic rings. The number of anilines is 1. The van der Waals surface area contributed by atoms with Crippen LogP contribution in [-0.4, -0.2) is 37.8 Å². The van der Waals surface area contributed by atoms with Gasteiger partial charge in [0.05, 0.1) is 6.54 Å². The van der Waals surface area contributed by atoms with Crippen molar-refractivity contribution in [1.29, 1.82) is 0 Å². The Morgan fingerprint density at radius 3 is 2.39 bits per heavy atom. The number of tetrazole rings is 1. The molecule has 1 aromatic heterocycles. The number of carbonyl (C=O) groups excluding carboxylic acids is 1. The quantitative estimate of drug-likeness (QED) is 0.226. The molecule has 0 aliphatic heterocycles. The van der Waals surface area contributed by atoms with E-state index >= 15 is 0 Å². The zero-order valence-corrected chi connectivity index (χ0v) is 20.7. The summed E-state index contributed by atoms with van der Waals surface area (Å²) in [6, 6.07) is 26.6. The first kappa shape index (κ1) is 25.2. The molecule has 1 heterocycles. The number of ether oxygens (including phenoxy) is 1. The number of rotatable bonds is 9. The number of halogens is 1. The van der Waals surface area contributed by atoms with Crippen LogP contribution in [0.5, 0.6) is 0 Å². The predicted octanol–water partition coefficient (Wildman–Crippen LogP) is 3.69. The highest BCUT2D eigenvalue weighted by Crippen LogP contribution is 2.22. The minimum Gasteiger partial charge on any atom is -0.362 e. The molecule has 0 spiro atoms. The molecule has 4 rings (SSSR count). The fraction of sp³-hybridized carbons (Fsp3) is 0.160. The van der Waals surface area contributed by atoms with Gasteiger partial charge in [0.1, 0.15) is 12.7 Å². The highest BCUT2D eigenvalue weighted by molar-refractivity contribution is 7.80. The van der Waals surface area contributed by atoms with Crippen LogP contribution in [0.1, 0.15) is 23.1 Å². The van der Waals surface area contributed by atoms with Gasteiger partial charge in [-0.2, -0.15) is 0 Å². The van der Waals surface area contributed by atoms with Crippen LogP contribution >= 0.6 is 23.8 Å². The van der Waals surface area contributed by atoms with Crippen LogP contribution in [0.3, 0.4) is 0 Å². The van der Waals surface area contributed by atoms with Crippen molar-refractivity contribution in [3.8, 4) is 0 Å². The maximum Gasteiger partial charge on any atom is 0.264 e. The number of para-hydroxylation sites is 1. The first-order valence-electron chi connectivity index (χ1n) is 11.1. The number of benzene rings is 3. The maximum absolute atomic E-state index is 12.4. The normalized spacial score (nSPS) is 11.5. The molecule has 0 saturated carbocycles. The van der Waals surface area contributed by atoms with Crippen molar-refractivity contribution in [3.05, 3.63) is 107 Å². The van der Waals surface area contributed by atoms with Gasteiger partial charge in [-0.1, -0.05) is 72.3 Å². The average Bonchev–Trinajstić information content (AvgIpc) is 3.33. The van der Waals surface area contributed by atoms with Crippen molar-refractivity contribution in [2.75, 3.05) is 11.9 Å². The molecule has 1 atom stereocenters. The van der Waals surface area contributed by atoms with Crippen molar-refractivity contribution >= 4 is 40.5 Å². The highest BCUT2D eigenvalue weighted by Gasteiger charge is 2.19. The smallest absolute Gasteiger partial charge is 0.264 e. The Kier molecular flexibility index (Phi) is 8.92. The maximum atomic E-state index is 12.4. The van der Waals surface area contributed by atoms with Crippen LogP contribution in [0, 0.1) is 0 Å². The van der Waals surface area contributed by atoms with Crippen LogP contribution in [0.4, 0.5) is 5.69 Å². The molecule has 184 valence electrons. The molecule has 0 radical (unpaired) electrons.